The number of carboxylic acid groups (broad SMARTS) is 1. The Balaban J connectivity index is 2.37. The third-order valence-corrected chi connectivity index (χ3v) is 5.59. The van der Waals surface area contributed by atoms with Gasteiger partial charge in [0.15, 0.2) is 0 Å². The maximum absolute atomic E-state index is 12.6. The van der Waals surface area contributed by atoms with E-state index in [9.17, 15) is 9.59 Å². The first-order valence-corrected chi connectivity index (χ1v) is 10.2. The first-order chi connectivity index (χ1) is 13.3. The molecule has 0 saturated carbocycles. The zero-order valence-electron chi connectivity index (χ0n) is 17.9. The third kappa shape index (κ3) is 5.63. The Morgan fingerprint density at radius 1 is 1.34 bits per heavy atom. The minimum Gasteiger partial charge on any atom is -0.481 e. The molecule has 0 fully saturated rings. The van der Waals surface area contributed by atoms with Gasteiger partial charge in [-0.05, 0) is 49.3 Å². The SMILES string of the molecule is C=C(C)C1=CN(CCC(=O)O)C(=O)N[C@@]1(C)c1ccc(CCC(C)(C)C)c(Cl)c1. The van der Waals surface area contributed by atoms with Crippen LogP contribution >= 0.6 is 11.6 Å². The molecule has 0 aromatic heterocycles. The van der Waals surface area contributed by atoms with Gasteiger partial charge in [0.05, 0.1) is 12.0 Å². The van der Waals surface area contributed by atoms with E-state index in [-0.39, 0.29) is 24.4 Å². The Morgan fingerprint density at radius 2 is 2.00 bits per heavy atom. The van der Waals surface area contributed by atoms with E-state index in [1.54, 1.807) is 6.20 Å². The van der Waals surface area contributed by atoms with E-state index in [0.29, 0.717) is 5.02 Å². The Bertz CT molecular complexity index is 854. The molecule has 1 atom stereocenters. The fraction of sp³-hybridized carbons (Fsp3) is 0.478. The molecule has 6 heteroatoms. The molecule has 1 heterocycles. The summed E-state index contributed by atoms with van der Waals surface area (Å²) in [6.45, 7) is 14.5. The van der Waals surface area contributed by atoms with E-state index in [2.05, 4.69) is 32.7 Å². The van der Waals surface area contributed by atoms with Crippen LogP contribution in [0.4, 0.5) is 4.79 Å². The molecule has 158 valence electrons. The van der Waals surface area contributed by atoms with Crippen molar-refractivity contribution in [2.24, 2.45) is 5.41 Å². The van der Waals surface area contributed by atoms with Gasteiger partial charge in [-0.1, -0.05) is 56.7 Å². The van der Waals surface area contributed by atoms with Crippen LogP contribution in [-0.2, 0) is 16.8 Å². The molecular weight excluding hydrogens is 388 g/mol. The molecule has 1 aliphatic rings. The van der Waals surface area contributed by atoms with Crippen molar-refractivity contribution in [3.63, 3.8) is 0 Å². The average Bonchev–Trinajstić information content (AvgIpc) is 2.58. The van der Waals surface area contributed by atoms with Gasteiger partial charge in [0.2, 0.25) is 0 Å². The lowest BCUT2D eigenvalue weighted by molar-refractivity contribution is -0.137. The zero-order chi connectivity index (χ0) is 22.0. The monoisotopic (exact) mass is 418 g/mol. The molecule has 1 aromatic carbocycles. The Morgan fingerprint density at radius 3 is 2.52 bits per heavy atom. The van der Waals surface area contributed by atoms with Gasteiger partial charge in [0, 0.05) is 23.3 Å². The molecule has 2 rings (SSSR count). The van der Waals surface area contributed by atoms with Gasteiger partial charge in [0.1, 0.15) is 0 Å². The largest absolute Gasteiger partial charge is 0.481 e. The van der Waals surface area contributed by atoms with Crippen molar-refractivity contribution < 1.29 is 14.7 Å². The Hall–Kier alpha value is -2.27. The molecule has 2 N–H and O–H groups in total. The lowest BCUT2D eigenvalue weighted by atomic mass is 9.80. The van der Waals surface area contributed by atoms with Crippen LogP contribution in [0.1, 0.15) is 58.6 Å². The van der Waals surface area contributed by atoms with Crippen LogP contribution in [0.2, 0.25) is 5.02 Å². The van der Waals surface area contributed by atoms with Crippen molar-refractivity contribution >= 4 is 23.6 Å². The topological polar surface area (TPSA) is 69.6 Å². The smallest absolute Gasteiger partial charge is 0.322 e. The van der Waals surface area contributed by atoms with Crippen molar-refractivity contribution in [1.29, 1.82) is 0 Å². The van der Waals surface area contributed by atoms with E-state index < -0.39 is 11.5 Å². The number of amides is 2. The van der Waals surface area contributed by atoms with Crippen LogP contribution in [0.3, 0.4) is 0 Å². The number of hydrogen-bond donors (Lipinski definition) is 2. The second-order valence-electron chi connectivity index (χ2n) is 9.08. The summed E-state index contributed by atoms with van der Waals surface area (Å²) >= 11 is 6.59. The highest BCUT2D eigenvalue weighted by Gasteiger charge is 2.39. The van der Waals surface area contributed by atoms with Crippen molar-refractivity contribution in [1.82, 2.24) is 10.2 Å². The zero-order valence-corrected chi connectivity index (χ0v) is 18.7. The van der Waals surface area contributed by atoms with Crippen LogP contribution in [0.25, 0.3) is 0 Å². The lowest BCUT2D eigenvalue weighted by Crippen LogP contribution is -2.54. The molecule has 1 aliphatic heterocycles. The number of urea groups is 1. The summed E-state index contributed by atoms with van der Waals surface area (Å²) in [4.78, 5) is 24.9. The molecule has 1 aromatic rings. The second-order valence-corrected chi connectivity index (χ2v) is 9.49. The molecular formula is C23H31ClN2O3. The highest BCUT2D eigenvalue weighted by atomic mass is 35.5. The molecule has 2 amide bonds. The van der Waals surface area contributed by atoms with Crippen LogP contribution in [0.5, 0.6) is 0 Å². The number of carbonyl (C=O) groups is 2. The fourth-order valence-corrected chi connectivity index (χ4v) is 3.69. The molecule has 0 spiro atoms. The molecule has 0 aliphatic carbocycles. The normalized spacial score (nSPS) is 19.6. The summed E-state index contributed by atoms with van der Waals surface area (Å²) in [6, 6.07) is 5.58. The van der Waals surface area contributed by atoms with Gasteiger partial charge in [-0.3, -0.25) is 4.79 Å². The van der Waals surface area contributed by atoms with Crippen LogP contribution < -0.4 is 5.32 Å². The van der Waals surface area contributed by atoms with E-state index in [1.165, 1.54) is 4.90 Å². The van der Waals surface area contributed by atoms with Crippen molar-refractivity contribution in [2.45, 2.75) is 59.4 Å². The van der Waals surface area contributed by atoms with E-state index in [0.717, 1.165) is 35.1 Å². The highest BCUT2D eigenvalue weighted by Crippen LogP contribution is 2.38. The minimum absolute atomic E-state index is 0.0977. The number of halogens is 1. The van der Waals surface area contributed by atoms with Gasteiger partial charge in [-0.15, -0.1) is 0 Å². The summed E-state index contributed by atoms with van der Waals surface area (Å²) in [7, 11) is 0. The van der Waals surface area contributed by atoms with Crippen molar-refractivity contribution in [3.05, 3.63) is 58.3 Å². The summed E-state index contributed by atoms with van der Waals surface area (Å²) in [6.07, 6.45) is 3.48. The maximum atomic E-state index is 12.6. The first kappa shape index (κ1) is 23.0. The number of rotatable bonds is 7. The van der Waals surface area contributed by atoms with Crippen LogP contribution in [-0.4, -0.2) is 28.6 Å². The number of aliphatic carboxylic acids is 1. The number of nitrogens with one attached hydrogen (secondary N) is 1. The van der Waals surface area contributed by atoms with Gasteiger partial charge in [0.25, 0.3) is 0 Å². The number of nitrogens with zero attached hydrogens (tertiary/aromatic N) is 1. The lowest BCUT2D eigenvalue weighted by Gasteiger charge is -2.41. The Labute approximate surface area is 178 Å². The van der Waals surface area contributed by atoms with Gasteiger partial charge in [-0.25, -0.2) is 4.79 Å². The quantitative estimate of drug-likeness (QED) is 0.614. The highest BCUT2D eigenvalue weighted by molar-refractivity contribution is 6.31. The third-order valence-electron chi connectivity index (χ3n) is 5.24. The van der Waals surface area contributed by atoms with Gasteiger partial charge >= 0.3 is 12.0 Å². The van der Waals surface area contributed by atoms with E-state index in [4.69, 9.17) is 16.7 Å². The first-order valence-electron chi connectivity index (χ1n) is 9.81. The number of hydrogen-bond acceptors (Lipinski definition) is 2. The summed E-state index contributed by atoms with van der Waals surface area (Å²) < 4.78 is 0. The van der Waals surface area contributed by atoms with Crippen LogP contribution in [0.15, 0.2) is 42.1 Å². The molecule has 0 radical (unpaired) electrons. The number of carbonyl (C=O) groups excluding carboxylic acids is 1. The number of aryl methyl sites for hydroxylation is 1. The van der Waals surface area contributed by atoms with Crippen molar-refractivity contribution in [3.8, 4) is 0 Å². The van der Waals surface area contributed by atoms with Crippen LogP contribution in [0, 0.1) is 5.41 Å². The fourth-order valence-electron chi connectivity index (χ4n) is 3.41. The number of carboxylic acids is 1. The minimum atomic E-state index is -0.950. The summed E-state index contributed by atoms with van der Waals surface area (Å²) in [5.74, 6) is -0.950. The van der Waals surface area contributed by atoms with Gasteiger partial charge < -0.3 is 15.3 Å². The van der Waals surface area contributed by atoms with Crippen molar-refractivity contribution in [2.75, 3.05) is 6.54 Å². The summed E-state index contributed by atoms with van der Waals surface area (Å²) in [5.41, 5.74) is 2.99. The summed E-state index contributed by atoms with van der Waals surface area (Å²) in [5, 5.41) is 12.6. The Kier molecular flexibility index (Phi) is 6.84. The predicted octanol–water partition coefficient (Wildman–Crippen LogP) is 5.49. The average molecular weight is 419 g/mol. The van der Waals surface area contributed by atoms with E-state index >= 15 is 0 Å². The predicted molar refractivity (Wildman–Crippen MR) is 117 cm³/mol. The standard InChI is InChI=1S/C23H31ClN2O3/c1-15(2)18-14-26(12-10-20(27)28)21(29)25-23(18,6)17-8-7-16(19(24)13-17)9-11-22(3,4)5/h7-8,13-14H,1,9-12H2,2-6H3,(H,25,29)(H,27,28)/t23-/m0/s1. The molecule has 0 unspecified atom stereocenters. The maximum Gasteiger partial charge on any atom is 0.322 e. The second kappa shape index (κ2) is 8.62. The number of benzene rings is 1. The van der Waals surface area contributed by atoms with Gasteiger partial charge in [-0.2, -0.15) is 0 Å². The van der Waals surface area contributed by atoms with E-state index in [1.807, 2.05) is 32.0 Å². The molecule has 29 heavy (non-hydrogen) atoms. The molecule has 0 bridgehead atoms. The molecule has 0 saturated heterocycles. The molecule has 5 nitrogen and oxygen atoms in total.